The molecule has 3 atom stereocenters. The van der Waals surface area contributed by atoms with Gasteiger partial charge in [0.25, 0.3) is 0 Å². The lowest BCUT2D eigenvalue weighted by molar-refractivity contribution is -0.140. The Labute approximate surface area is 245 Å². The van der Waals surface area contributed by atoms with E-state index < -0.39 is 65.1 Å². The van der Waals surface area contributed by atoms with Gasteiger partial charge in [0.05, 0.1) is 6.33 Å². The van der Waals surface area contributed by atoms with Crippen molar-refractivity contribution in [2.75, 3.05) is 6.54 Å². The molecular formula is C27H43N7O8. The van der Waals surface area contributed by atoms with Gasteiger partial charge in [0, 0.05) is 31.3 Å². The van der Waals surface area contributed by atoms with E-state index in [1.165, 1.54) is 17.4 Å². The van der Waals surface area contributed by atoms with Crippen LogP contribution in [-0.2, 0) is 35.1 Å². The molecule has 15 nitrogen and oxygen atoms in total. The van der Waals surface area contributed by atoms with Gasteiger partial charge >= 0.3 is 12.2 Å². The maximum atomic E-state index is 13.5. The molecule has 0 radical (unpaired) electrons. The Balaban J connectivity index is 2.16. The number of carbonyl (C=O) groups is 6. The number of primary amides is 1. The van der Waals surface area contributed by atoms with E-state index in [0.717, 1.165) is 0 Å². The summed E-state index contributed by atoms with van der Waals surface area (Å²) in [5, 5.41) is 7.30. The molecule has 15 heteroatoms. The Hall–Kier alpha value is -4.17. The fourth-order valence-electron chi connectivity index (χ4n) is 4.28. The fourth-order valence-corrected chi connectivity index (χ4v) is 4.28. The molecule has 0 bridgehead atoms. The number of hydrogen-bond donors (Lipinski definition) is 5. The van der Waals surface area contributed by atoms with Gasteiger partial charge in [0.1, 0.15) is 29.3 Å². The molecule has 0 saturated carbocycles. The van der Waals surface area contributed by atoms with E-state index in [0.29, 0.717) is 25.1 Å². The minimum Gasteiger partial charge on any atom is -0.444 e. The number of rotatable bonds is 11. The summed E-state index contributed by atoms with van der Waals surface area (Å²) < 4.78 is 10.4. The molecule has 1 aliphatic rings. The number of nitrogens with two attached hydrogens (primary N) is 1. The van der Waals surface area contributed by atoms with E-state index in [1.54, 1.807) is 41.5 Å². The van der Waals surface area contributed by atoms with E-state index >= 15 is 0 Å². The monoisotopic (exact) mass is 593 g/mol. The number of ether oxygens (including phenoxy) is 2. The number of H-pyrrole nitrogens is 1. The lowest BCUT2D eigenvalue weighted by Crippen LogP contribution is -2.57. The summed E-state index contributed by atoms with van der Waals surface area (Å²) in [5.74, 6) is -2.48. The highest BCUT2D eigenvalue weighted by Gasteiger charge is 2.38. The Kier molecular flexibility index (Phi) is 11.9. The second-order valence-corrected chi connectivity index (χ2v) is 12.1. The maximum Gasteiger partial charge on any atom is 0.414 e. The Morgan fingerprint density at radius 1 is 1.02 bits per heavy atom. The van der Waals surface area contributed by atoms with Gasteiger partial charge in [0.2, 0.25) is 23.6 Å². The first-order valence-corrected chi connectivity index (χ1v) is 13.8. The smallest absolute Gasteiger partial charge is 0.414 e. The molecule has 0 aromatic carbocycles. The summed E-state index contributed by atoms with van der Waals surface area (Å²) in [6.07, 6.45) is 2.11. The van der Waals surface area contributed by atoms with Crippen LogP contribution in [0.1, 0.15) is 79.3 Å². The minimum atomic E-state index is -1.20. The molecule has 0 unspecified atom stereocenters. The van der Waals surface area contributed by atoms with Crippen LogP contribution in [0.4, 0.5) is 9.59 Å². The predicted molar refractivity (Wildman–Crippen MR) is 150 cm³/mol. The van der Waals surface area contributed by atoms with Crippen molar-refractivity contribution in [2.24, 2.45) is 5.73 Å². The van der Waals surface area contributed by atoms with E-state index in [2.05, 4.69) is 25.9 Å². The third kappa shape index (κ3) is 11.7. The standard InChI is InChI=1S/C27H43N7O8/c1-26(2,3)41-24(39)32-17(9-7-11-20(35)33-25(40)42-27(4,5)6)22(37)31-18(13-16-14-29-15-30-16)23(38)34-12-8-10-19(34)21(28)36/h14-15,17-19H,7-13H2,1-6H3,(H2,28,36)(H,29,30)(H,31,37)(H,32,39)(H,33,35,40)/t17-,18-,19-/m0/s1. The normalized spacial score (nSPS) is 16.6. The minimum absolute atomic E-state index is 0.0224. The first-order chi connectivity index (χ1) is 19.4. The molecule has 1 aliphatic heterocycles. The van der Waals surface area contributed by atoms with Crippen molar-refractivity contribution in [1.29, 1.82) is 0 Å². The molecule has 234 valence electrons. The van der Waals surface area contributed by atoms with Crippen molar-refractivity contribution in [1.82, 2.24) is 30.8 Å². The van der Waals surface area contributed by atoms with Crippen molar-refractivity contribution >= 4 is 35.8 Å². The van der Waals surface area contributed by atoms with Crippen molar-refractivity contribution < 1.29 is 38.2 Å². The Morgan fingerprint density at radius 3 is 2.24 bits per heavy atom. The van der Waals surface area contributed by atoms with Crippen LogP contribution >= 0.6 is 0 Å². The number of carbonyl (C=O) groups excluding carboxylic acids is 6. The highest BCUT2D eigenvalue weighted by atomic mass is 16.6. The largest absolute Gasteiger partial charge is 0.444 e. The van der Waals surface area contributed by atoms with Gasteiger partial charge in [-0.05, 0) is 67.2 Å². The van der Waals surface area contributed by atoms with Gasteiger partial charge in [-0.3, -0.25) is 24.5 Å². The lowest BCUT2D eigenvalue weighted by atomic mass is 10.1. The summed E-state index contributed by atoms with van der Waals surface area (Å²) in [6, 6.07) is -3.11. The number of nitrogens with zero attached hydrogens (tertiary/aromatic N) is 2. The number of likely N-dealkylation sites (tertiary alicyclic amines) is 1. The molecule has 1 saturated heterocycles. The third-order valence-corrected chi connectivity index (χ3v) is 6.00. The van der Waals surface area contributed by atoms with E-state index in [9.17, 15) is 28.8 Å². The summed E-state index contributed by atoms with van der Waals surface area (Å²) in [6.45, 7) is 10.3. The molecule has 42 heavy (non-hydrogen) atoms. The van der Waals surface area contributed by atoms with Gasteiger partial charge in [0.15, 0.2) is 0 Å². The molecule has 1 aromatic rings. The number of imidazole rings is 1. The summed E-state index contributed by atoms with van der Waals surface area (Å²) in [7, 11) is 0. The van der Waals surface area contributed by atoms with Gasteiger partial charge in [-0.15, -0.1) is 0 Å². The molecular weight excluding hydrogens is 550 g/mol. The molecule has 1 fully saturated rings. The van der Waals surface area contributed by atoms with Crippen molar-refractivity contribution in [2.45, 2.75) is 109 Å². The second-order valence-electron chi connectivity index (χ2n) is 12.1. The predicted octanol–water partition coefficient (Wildman–Crippen LogP) is 1.03. The summed E-state index contributed by atoms with van der Waals surface area (Å²) in [4.78, 5) is 83.8. The van der Waals surface area contributed by atoms with Crippen LogP contribution in [0.3, 0.4) is 0 Å². The van der Waals surface area contributed by atoms with Crippen molar-refractivity contribution in [3.63, 3.8) is 0 Å². The quantitative estimate of drug-likeness (QED) is 0.247. The van der Waals surface area contributed by atoms with Crippen LogP contribution in [0.5, 0.6) is 0 Å². The number of imide groups is 1. The van der Waals surface area contributed by atoms with Gasteiger partial charge < -0.3 is 35.7 Å². The Morgan fingerprint density at radius 2 is 1.67 bits per heavy atom. The Bertz CT molecular complexity index is 1120. The lowest BCUT2D eigenvalue weighted by Gasteiger charge is -2.29. The number of amides is 6. The van der Waals surface area contributed by atoms with Crippen LogP contribution in [0.2, 0.25) is 0 Å². The highest BCUT2D eigenvalue weighted by Crippen LogP contribution is 2.19. The second kappa shape index (κ2) is 14.6. The van der Waals surface area contributed by atoms with Crippen LogP contribution in [0.15, 0.2) is 12.5 Å². The van der Waals surface area contributed by atoms with Crippen LogP contribution in [0, 0.1) is 0 Å². The van der Waals surface area contributed by atoms with Gasteiger partial charge in [-0.2, -0.15) is 0 Å². The molecule has 0 aliphatic carbocycles. The van der Waals surface area contributed by atoms with E-state index in [4.69, 9.17) is 15.2 Å². The zero-order chi connectivity index (χ0) is 31.7. The number of aromatic nitrogens is 2. The SMILES string of the molecule is CC(C)(C)OC(=O)NC(=O)CCC[C@H](NC(=O)OC(C)(C)C)C(=O)N[C@@H](Cc1cnc[nH]1)C(=O)N1CCC[C@H]1C(N)=O. The molecule has 2 rings (SSSR count). The molecule has 0 spiro atoms. The van der Waals surface area contributed by atoms with Crippen molar-refractivity contribution in [3.8, 4) is 0 Å². The van der Waals surface area contributed by atoms with Gasteiger partial charge in [-0.25, -0.2) is 14.6 Å². The zero-order valence-electron chi connectivity index (χ0n) is 25.1. The van der Waals surface area contributed by atoms with E-state index in [1.807, 2.05) is 0 Å². The number of hydrogen-bond acceptors (Lipinski definition) is 9. The van der Waals surface area contributed by atoms with Crippen molar-refractivity contribution in [3.05, 3.63) is 18.2 Å². The van der Waals surface area contributed by atoms with Crippen LogP contribution < -0.4 is 21.7 Å². The zero-order valence-corrected chi connectivity index (χ0v) is 25.1. The van der Waals surface area contributed by atoms with Crippen LogP contribution in [0.25, 0.3) is 0 Å². The first kappa shape index (κ1) is 34.0. The number of alkyl carbamates (subject to hydrolysis) is 2. The highest BCUT2D eigenvalue weighted by molar-refractivity contribution is 5.94. The van der Waals surface area contributed by atoms with Gasteiger partial charge in [-0.1, -0.05) is 0 Å². The van der Waals surface area contributed by atoms with Crippen LogP contribution in [-0.4, -0.2) is 86.6 Å². The average molecular weight is 594 g/mol. The molecule has 6 amide bonds. The molecule has 2 heterocycles. The summed E-state index contributed by atoms with van der Waals surface area (Å²) in [5.41, 5.74) is 4.41. The topological polar surface area (TPSA) is 215 Å². The first-order valence-electron chi connectivity index (χ1n) is 13.8. The molecule has 1 aromatic heterocycles. The molecule has 6 N–H and O–H groups in total. The maximum absolute atomic E-state index is 13.5. The number of aromatic amines is 1. The summed E-state index contributed by atoms with van der Waals surface area (Å²) >= 11 is 0. The third-order valence-electron chi connectivity index (χ3n) is 6.00. The average Bonchev–Trinajstić information content (AvgIpc) is 3.52. The van der Waals surface area contributed by atoms with E-state index in [-0.39, 0.29) is 25.7 Å². The fraction of sp³-hybridized carbons (Fsp3) is 0.667. The number of nitrogens with one attached hydrogen (secondary N) is 4.